The van der Waals surface area contributed by atoms with Crippen LogP contribution in [-0.4, -0.2) is 29.3 Å². The van der Waals surface area contributed by atoms with E-state index in [1.165, 1.54) is 24.3 Å². The fraction of sp³-hybridized carbons (Fsp3) is 0.167. The zero-order valence-corrected chi connectivity index (χ0v) is 13.9. The molecule has 3 rings (SSSR count). The average molecular weight is 357 g/mol. The topological polar surface area (TPSA) is 86.5 Å². The monoisotopic (exact) mass is 357 g/mol. The van der Waals surface area contributed by atoms with Crippen LogP contribution in [0.15, 0.2) is 53.1 Å². The highest BCUT2D eigenvalue weighted by atomic mass is 19.1. The zero-order chi connectivity index (χ0) is 18.4. The molecule has 0 aliphatic rings. The number of aromatic nitrogens is 2. The highest BCUT2D eigenvalue weighted by molar-refractivity contribution is 5.90. The van der Waals surface area contributed by atoms with Gasteiger partial charge in [0.1, 0.15) is 17.3 Å². The number of nitrogens with zero attached hydrogens (tertiary/aromatic N) is 2. The standard InChI is InChI=1S/C18H16FN3O4/c1-2-24-14-7-3-12(4-8-14)17-21-18(22-26-17)20-16(23)11-25-15-9-5-13(19)6-10-15/h3-10H,2,11H2,1H3,(H,20,22,23). The largest absolute Gasteiger partial charge is 0.494 e. The Kier molecular flexibility index (Phi) is 5.43. The van der Waals surface area contributed by atoms with E-state index in [1.54, 1.807) is 24.3 Å². The minimum atomic E-state index is -0.464. The number of hydrogen-bond donors (Lipinski definition) is 1. The molecular formula is C18H16FN3O4. The number of carbonyl (C=O) groups is 1. The van der Waals surface area contributed by atoms with Crippen LogP contribution < -0.4 is 14.8 Å². The number of benzene rings is 2. The molecule has 0 aliphatic carbocycles. The second kappa shape index (κ2) is 8.11. The predicted octanol–water partition coefficient (Wildman–Crippen LogP) is 3.29. The first kappa shape index (κ1) is 17.4. The third kappa shape index (κ3) is 4.56. The van der Waals surface area contributed by atoms with Crippen LogP contribution >= 0.6 is 0 Å². The highest BCUT2D eigenvalue weighted by Crippen LogP contribution is 2.22. The summed E-state index contributed by atoms with van der Waals surface area (Å²) in [5.41, 5.74) is 0.698. The van der Waals surface area contributed by atoms with Crippen molar-refractivity contribution < 1.29 is 23.2 Å². The summed E-state index contributed by atoms with van der Waals surface area (Å²) in [5, 5.41) is 6.17. The lowest BCUT2D eigenvalue weighted by Crippen LogP contribution is -2.20. The van der Waals surface area contributed by atoms with Crippen LogP contribution in [0.4, 0.5) is 10.3 Å². The Bertz CT molecular complexity index is 863. The molecule has 0 saturated heterocycles. The molecule has 7 nitrogen and oxygen atoms in total. The molecule has 0 atom stereocenters. The van der Waals surface area contributed by atoms with Crippen molar-refractivity contribution in [3.63, 3.8) is 0 Å². The molecule has 2 aromatic carbocycles. The molecule has 1 amide bonds. The Labute approximate surface area is 148 Å². The van der Waals surface area contributed by atoms with Crippen molar-refractivity contribution in [2.24, 2.45) is 0 Å². The molecule has 1 aromatic heterocycles. The second-order valence-corrected chi connectivity index (χ2v) is 5.17. The summed E-state index contributed by atoms with van der Waals surface area (Å²) in [7, 11) is 0. The van der Waals surface area contributed by atoms with Crippen LogP contribution in [0.2, 0.25) is 0 Å². The number of halogens is 1. The van der Waals surface area contributed by atoms with E-state index in [2.05, 4.69) is 15.5 Å². The van der Waals surface area contributed by atoms with Gasteiger partial charge in [-0.05, 0) is 60.6 Å². The maximum atomic E-state index is 12.8. The summed E-state index contributed by atoms with van der Waals surface area (Å²) in [4.78, 5) is 16.0. The van der Waals surface area contributed by atoms with Crippen molar-refractivity contribution in [3.8, 4) is 23.0 Å². The lowest BCUT2D eigenvalue weighted by molar-refractivity contribution is -0.118. The lowest BCUT2D eigenvalue weighted by atomic mass is 10.2. The van der Waals surface area contributed by atoms with Crippen LogP contribution in [0.5, 0.6) is 11.5 Å². The Morgan fingerprint density at radius 1 is 1.08 bits per heavy atom. The van der Waals surface area contributed by atoms with Crippen molar-refractivity contribution in [1.82, 2.24) is 10.1 Å². The van der Waals surface area contributed by atoms with Crippen molar-refractivity contribution in [2.75, 3.05) is 18.5 Å². The molecule has 0 unspecified atom stereocenters. The Morgan fingerprint density at radius 3 is 2.42 bits per heavy atom. The van der Waals surface area contributed by atoms with Crippen LogP contribution in [-0.2, 0) is 4.79 Å². The summed E-state index contributed by atoms with van der Waals surface area (Å²) < 4.78 is 28.5. The molecule has 0 bridgehead atoms. The number of amides is 1. The maximum absolute atomic E-state index is 12.8. The summed E-state index contributed by atoms with van der Waals surface area (Å²) >= 11 is 0. The molecule has 0 saturated carbocycles. The normalized spacial score (nSPS) is 10.4. The predicted molar refractivity (Wildman–Crippen MR) is 91.4 cm³/mol. The average Bonchev–Trinajstić information content (AvgIpc) is 3.10. The van der Waals surface area contributed by atoms with E-state index in [0.717, 1.165) is 5.75 Å². The van der Waals surface area contributed by atoms with Gasteiger partial charge in [0.25, 0.3) is 17.7 Å². The number of carbonyl (C=O) groups excluding carboxylic acids is 1. The highest BCUT2D eigenvalue weighted by Gasteiger charge is 2.12. The van der Waals surface area contributed by atoms with E-state index in [4.69, 9.17) is 14.0 Å². The third-order valence-corrected chi connectivity index (χ3v) is 3.27. The van der Waals surface area contributed by atoms with Gasteiger partial charge in [0.15, 0.2) is 6.61 Å². The third-order valence-electron chi connectivity index (χ3n) is 3.27. The van der Waals surface area contributed by atoms with E-state index >= 15 is 0 Å². The summed E-state index contributed by atoms with van der Waals surface area (Å²) in [5.74, 6) is 0.570. The van der Waals surface area contributed by atoms with Gasteiger partial charge in [-0.15, -0.1) is 0 Å². The van der Waals surface area contributed by atoms with Gasteiger partial charge in [-0.2, -0.15) is 4.98 Å². The minimum absolute atomic E-state index is 0.0293. The van der Waals surface area contributed by atoms with Crippen LogP contribution in [0.3, 0.4) is 0 Å². The zero-order valence-electron chi connectivity index (χ0n) is 13.9. The summed E-state index contributed by atoms with van der Waals surface area (Å²) in [6.07, 6.45) is 0. The van der Waals surface area contributed by atoms with Crippen molar-refractivity contribution in [1.29, 1.82) is 0 Å². The molecule has 134 valence electrons. The van der Waals surface area contributed by atoms with Crippen LogP contribution in [0.1, 0.15) is 6.92 Å². The van der Waals surface area contributed by atoms with Gasteiger partial charge in [-0.25, -0.2) is 4.39 Å². The van der Waals surface area contributed by atoms with Gasteiger partial charge in [0.05, 0.1) is 6.61 Å². The van der Waals surface area contributed by atoms with E-state index < -0.39 is 5.91 Å². The first-order valence-electron chi connectivity index (χ1n) is 7.89. The number of anilines is 1. The Hall–Kier alpha value is -3.42. The molecule has 3 aromatic rings. The van der Waals surface area contributed by atoms with Gasteiger partial charge in [0, 0.05) is 5.56 Å². The van der Waals surface area contributed by atoms with Gasteiger partial charge < -0.3 is 14.0 Å². The summed E-state index contributed by atoms with van der Waals surface area (Å²) in [6.45, 7) is 2.22. The van der Waals surface area contributed by atoms with E-state index in [9.17, 15) is 9.18 Å². The van der Waals surface area contributed by atoms with Crippen molar-refractivity contribution in [2.45, 2.75) is 6.92 Å². The van der Waals surface area contributed by atoms with Gasteiger partial charge in [0.2, 0.25) is 0 Å². The fourth-order valence-corrected chi connectivity index (χ4v) is 2.09. The quantitative estimate of drug-likeness (QED) is 0.698. The fourth-order valence-electron chi connectivity index (χ4n) is 2.09. The van der Waals surface area contributed by atoms with Gasteiger partial charge >= 0.3 is 0 Å². The minimum Gasteiger partial charge on any atom is -0.494 e. The smallest absolute Gasteiger partial charge is 0.270 e. The van der Waals surface area contributed by atoms with Gasteiger partial charge in [-0.1, -0.05) is 0 Å². The second-order valence-electron chi connectivity index (χ2n) is 5.17. The Morgan fingerprint density at radius 2 is 1.73 bits per heavy atom. The molecule has 8 heteroatoms. The molecule has 26 heavy (non-hydrogen) atoms. The Balaban J connectivity index is 1.55. The number of nitrogens with one attached hydrogen (secondary N) is 1. The molecule has 1 N–H and O–H groups in total. The van der Waals surface area contributed by atoms with E-state index in [-0.39, 0.29) is 24.3 Å². The number of rotatable bonds is 7. The molecule has 0 spiro atoms. The van der Waals surface area contributed by atoms with Crippen LogP contribution in [0.25, 0.3) is 11.5 Å². The van der Waals surface area contributed by atoms with Crippen molar-refractivity contribution >= 4 is 11.9 Å². The summed E-state index contributed by atoms with van der Waals surface area (Å²) in [6, 6.07) is 12.5. The molecule has 0 fully saturated rings. The number of hydrogen-bond acceptors (Lipinski definition) is 6. The van der Waals surface area contributed by atoms with Crippen LogP contribution in [0, 0.1) is 5.82 Å². The number of ether oxygens (including phenoxy) is 2. The SMILES string of the molecule is CCOc1ccc(-c2nc(NC(=O)COc3ccc(F)cc3)no2)cc1. The maximum Gasteiger partial charge on any atom is 0.270 e. The first-order valence-corrected chi connectivity index (χ1v) is 7.89. The van der Waals surface area contributed by atoms with E-state index in [1.807, 2.05) is 6.92 Å². The van der Waals surface area contributed by atoms with Crippen molar-refractivity contribution in [3.05, 3.63) is 54.3 Å². The molecule has 0 aliphatic heterocycles. The molecular weight excluding hydrogens is 341 g/mol. The van der Waals surface area contributed by atoms with Gasteiger partial charge in [-0.3, -0.25) is 10.1 Å². The van der Waals surface area contributed by atoms with E-state index in [0.29, 0.717) is 17.9 Å². The lowest BCUT2D eigenvalue weighted by Gasteiger charge is -2.04. The first-order chi connectivity index (χ1) is 12.6. The molecule has 1 heterocycles. The molecule has 0 radical (unpaired) electrons.